The summed E-state index contributed by atoms with van der Waals surface area (Å²) in [5.41, 5.74) is 2.82. The summed E-state index contributed by atoms with van der Waals surface area (Å²) in [7, 11) is 0. The first-order valence-electron chi connectivity index (χ1n) is 8.96. The average molecular weight is 286 g/mol. The molecule has 2 heteroatoms. The molecule has 1 saturated heterocycles. The number of hydrogen-bond acceptors (Lipinski definition) is 2. The maximum atomic E-state index is 3.62. The van der Waals surface area contributed by atoms with Gasteiger partial charge in [-0.25, -0.2) is 0 Å². The third-order valence-corrected chi connectivity index (χ3v) is 5.19. The molecule has 21 heavy (non-hydrogen) atoms. The van der Waals surface area contributed by atoms with Gasteiger partial charge < -0.3 is 10.2 Å². The fourth-order valence-electron chi connectivity index (χ4n) is 3.81. The highest BCUT2D eigenvalue weighted by atomic mass is 15.1. The molecule has 2 nitrogen and oxygen atoms in total. The van der Waals surface area contributed by atoms with E-state index >= 15 is 0 Å². The zero-order valence-corrected chi connectivity index (χ0v) is 13.3. The van der Waals surface area contributed by atoms with Crippen LogP contribution in [0.3, 0.4) is 0 Å². The summed E-state index contributed by atoms with van der Waals surface area (Å²) >= 11 is 0. The van der Waals surface area contributed by atoms with Gasteiger partial charge in [0.05, 0.1) is 0 Å². The quantitative estimate of drug-likeness (QED) is 0.782. The molecule has 116 valence electrons. The van der Waals surface area contributed by atoms with Crippen molar-refractivity contribution in [2.24, 2.45) is 5.92 Å². The Morgan fingerprint density at radius 2 is 1.62 bits per heavy atom. The molecule has 0 aromatic heterocycles. The van der Waals surface area contributed by atoms with Gasteiger partial charge in [-0.2, -0.15) is 0 Å². The minimum absolute atomic E-state index is 0.990. The fourth-order valence-corrected chi connectivity index (χ4v) is 3.81. The number of benzene rings is 1. The Hall–Kier alpha value is -1.02. The molecule has 0 spiro atoms. The van der Waals surface area contributed by atoms with E-state index in [0.717, 1.165) is 12.5 Å². The Bertz CT molecular complexity index is 400. The standard InChI is InChI=1S/C19H30N2/c1-2-6-17(7-3-1)12-13-20-16-18-8-10-19(11-9-18)21-14-4-5-15-21/h8-11,17,20H,1-7,12-16H2. The molecular weight excluding hydrogens is 256 g/mol. The largest absolute Gasteiger partial charge is 0.372 e. The van der Waals surface area contributed by atoms with Crippen LogP contribution in [0.1, 0.15) is 56.9 Å². The zero-order valence-electron chi connectivity index (χ0n) is 13.3. The number of nitrogens with one attached hydrogen (secondary N) is 1. The van der Waals surface area contributed by atoms with E-state index in [0.29, 0.717) is 0 Å². The van der Waals surface area contributed by atoms with Crippen LogP contribution in [0.4, 0.5) is 5.69 Å². The smallest absolute Gasteiger partial charge is 0.0366 e. The third-order valence-electron chi connectivity index (χ3n) is 5.19. The molecule has 1 aromatic rings. The molecule has 3 rings (SSSR count). The van der Waals surface area contributed by atoms with Gasteiger partial charge in [-0.1, -0.05) is 44.2 Å². The second-order valence-corrected chi connectivity index (χ2v) is 6.83. The van der Waals surface area contributed by atoms with E-state index in [4.69, 9.17) is 0 Å². The van der Waals surface area contributed by atoms with Gasteiger partial charge in [-0.05, 0) is 49.4 Å². The number of rotatable bonds is 6. The monoisotopic (exact) mass is 286 g/mol. The number of hydrogen-bond donors (Lipinski definition) is 1. The first-order chi connectivity index (χ1) is 10.4. The van der Waals surface area contributed by atoms with Crippen LogP contribution in [0.2, 0.25) is 0 Å². The number of nitrogens with zero attached hydrogens (tertiary/aromatic N) is 1. The van der Waals surface area contributed by atoms with Crippen molar-refractivity contribution in [3.05, 3.63) is 29.8 Å². The summed E-state index contributed by atoms with van der Waals surface area (Å²) in [5.74, 6) is 0.990. The summed E-state index contributed by atoms with van der Waals surface area (Å²) in [4.78, 5) is 2.50. The highest BCUT2D eigenvalue weighted by Crippen LogP contribution is 2.25. The van der Waals surface area contributed by atoms with Gasteiger partial charge in [-0.3, -0.25) is 0 Å². The molecule has 0 unspecified atom stereocenters. The van der Waals surface area contributed by atoms with Gasteiger partial charge in [0, 0.05) is 25.3 Å². The van der Waals surface area contributed by atoms with E-state index < -0.39 is 0 Å². The molecule has 1 N–H and O–H groups in total. The van der Waals surface area contributed by atoms with Crippen LogP contribution in [0.25, 0.3) is 0 Å². The summed E-state index contributed by atoms with van der Waals surface area (Å²) < 4.78 is 0. The van der Waals surface area contributed by atoms with Crippen molar-refractivity contribution in [1.82, 2.24) is 5.32 Å². The second kappa shape index (κ2) is 7.84. The van der Waals surface area contributed by atoms with Crippen LogP contribution in [0.15, 0.2) is 24.3 Å². The molecule has 0 atom stereocenters. The van der Waals surface area contributed by atoms with Crippen molar-refractivity contribution in [2.75, 3.05) is 24.5 Å². The lowest BCUT2D eigenvalue weighted by Gasteiger charge is -2.21. The Morgan fingerprint density at radius 1 is 0.905 bits per heavy atom. The summed E-state index contributed by atoms with van der Waals surface area (Å²) in [6.45, 7) is 4.67. The van der Waals surface area contributed by atoms with Crippen molar-refractivity contribution in [3.63, 3.8) is 0 Å². The lowest BCUT2D eigenvalue weighted by Crippen LogP contribution is -2.19. The van der Waals surface area contributed by atoms with E-state index in [9.17, 15) is 0 Å². The van der Waals surface area contributed by atoms with E-state index in [1.54, 1.807) is 0 Å². The van der Waals surface area contributed by atoms with Crippen LogP contribution in [-0.4, -0.2) is 19.6 Å². The molecular formula is C19H30N2. The lowest BCUT2D eigenvalue weighted by molar-refractivity contribution is 0.334. The number of anilines is 1. The van der Waals surface area contributed by atoms with Gasteiger partial charge in [-0.15, -0.1) is 0 Å². The summed E-state index contributed by atoms with van der Waals surface area (Å²) in [5, 5.41) is 3.62. The van der Waals surface area contributed by atoms with Crippen LogP contribution in [-0.2, 0) is 6.54 Å². The zero-order chi connectivity index (χ0) is 14.3. The topological polar surface area (TPSA) is 15.3 Å². The predicted octanol–water partition coefficient (Wildman–Crippen LogP) is 4.35. The molecule has 1 aromatic carbocycles. The lowest BCUT2D eigenvalue weighted by atomic mass is 9.87. The van der Waals surface area contributed by atoms with Crippen LogP contribution in [0.5, 0.6) is 0 Å². The highest BCUT2D eigenvalue weighted by Gasteiger charge is 2.13. The van der Waals surface area contributed by atoms with E-state index in [2.05, 4.69) is 34.5 Å². The molecule has 1 aliphatic heterocycles. The van der Waals surface area contributed by atoms with Crippen LogP contribution >= 0.6 is 0 Å². The van der Waals surface area contributed by atoms with E-state index in [1.807, 2.05) is 0 Å². The van der Waals surface area contributed by atoms with Crippen LogP contribution < -0.4 is 10.2 Å². The van der Waals surface area contributed by atoms with Gasteiger partial charge in [0.15, 0.2) is 0 Å². The van der Waals surface area contributed by atoms with Gasteiger partial charge >= 0.3 is 0 Å². The van der Waals surface area contributed by atoms with E-state index in [1.165, 1.54) is 82.3 Å². The first-order valence-corrected chi connectivity index (χ1v) is 8.96. The SMILES string of the molecule is c1cc(N2CCCC2)ccc1CNCCC1CCCCC1. The van der Waals surface area contributed by atoms with Crippen LogP contribution in [0, 0.1) is 5.92 Å². The van der Waals surface area contributed by atoms with E-state index in [-0.39, 0.29) is 0 Å². The highest BCUT2D eigenvalue weighted by molar-refractivity contribution is 5.48. The molecule has 2 fully saturated rings. The molecule has 1 aliphatic carbocycles. The summed E-state index contributed by atoms with van der Waals surface area (Å²) in [6.07, 6.45) is 11.4. The fraction of sp³-hybridized carbons (Fsp3) is 0.684. The molecule has 1 saturated carbocycles. The van der Waals surface area contributed by atoms with Crippen molar-refractivity contribution in [1.29, 1.82) is 0 Å². The third kappa shape index (κ3) is 4.47. The predicted molar refractivity (Wildman–Crippen MR) is 90.8 cm³/mol. The minimum atomic E-state index is 0.990. The van der Waals surface area contributed by atoms with Gasteiger partial charge in [0.1, 0.15) is 0 Å². The van der Waals surface area contributed by atoms with Crippen molar-refractivity contribution in [3.8, 4) is 0 Å². The molecule has 0 bridgehead atoms. The molecule has 0 radical (unpaired) electrons. The summed E-state index contributed by atoms with van der Waals surface area (Å²) in [6, 6.07) is 9.18. The van der Waals surface area contributed by atoms with Gasteiger partial charge in [0.25, 0.3) is 0 Å². The Balaban J connectivity index is 1.36. The van der Waals surface area contributed by atoms with Gasteiger partial charge in [0.2, 0.25) is 0 Å². The van der Waals surface area contributed by atoms with Crippen molar-refractivity contribution >= 4 is 5.69 Å². The Kier molecular flexibility index (Phi) is 5.56. The minimum Gasteiger partial charge on any atom is -0.372 e. The first kappa shape index (κ1) is 14.9. The Morgan fingerprint density at radius 3 is 2.33 bits per heavy atom. The molecule has 0 amide bonds. The molecule has 1 heterocycles. The van der Waals surface area contributed by atoms with Crippen molar-refractivity contribution < 1.29 is 0 Å². The maximum absolute atomic E-state index is 3.62. The Labute approximate surface area is 129 Å². The normalized spacial score (nSPS) is 20.1. The van der Waals surface area contributed by atoms with Crippen molar-refractivity contribution in [2.45, 2.75) is 57.9 Å². The maximum Gasteiger partial charge on any atom is 0.0366 e. The second-order valence-electron chi connectivity index (χ2n) is 6.83. The molecule has 2 aliphatic rings. The average Bonchev–Trinajstić information content (AvgIpc) is 3.08.